The minimum absolute atomic E-state index is 0.0552. The largest absolute Gasteiger partial charge is 0.491 e. The average molecular weight is 373 g/mol. The van der Waals surface area contributed by atoms with E-state index >= 15 is 0 Å². The summed E-state index contributed by atoms with van der Waals surface area (Å²) in [7, 11) is 5.09. The van der Waals surface area contributed by atoms with Crippen molar-refractivity contribution in [3.05, 3.63) is 50.7 Å². The molecule has 3 aromatic rings. The summed E-state index contributed by atoms with van der Waals surface area (Å²) in [5, 5.41) is 10.5. The van der Waals surface area contributed by atoms with Crippen molar-refractivity contribution in [3.8, 4) is 5.75 Å². The lowest BCUT2D eigenvalue weighted by Gasteiger charge is -2.18. The summed E-state index contributed by atoms with van der Waals surface area (Å²) in [5.74, 6) is 1.13. The van der Waals surface area contributed by atoms with Crippen molar-refractivity contribution < 1.29 is 9.84 Å². The summed E-state index contributed by atoms with van der Waals surface area (Å²) in [6.45, 7) is 2.11. The van der Waals surface area contributed by atoms with E-state index in [4.69, 9.17) is 4.74 Å². The van der Waals surface area contributed by atoms with Gasteiger partial charge in [-0.3, -0.25) is 14.3 Å². The monoisotopic (exact) mass is 373 g/mol. The number of fused-ring (bicyclic) bond motifs is 1. The zero-order valence-electron chi connectivity index (χ0n) is 15.8. The number of aromatic nitrogens is 4. The van der Waals surface area contributed by atoms with Gasteiger partial charge in [-0.05, 0) is 24.6 Å². The molecule has 3 rings (SSSR count). The van der Waals surface area contributed by atoms with Crippen LogP contribution < -0.4 is 20.9 Å². The topological polar surface area (TPSA) is 105 Å². The lowest BCUT2D eigenvalue weighted by molar-refractivity contribution is 0.0937. The molecule has 9 nitrogen and oxygen atoms in total. The van der Waals surface area contributed by atoms with Crippen molar-refractivity contribution >= 4 is 17.1 Å². The number of rotatable bonds is 6. The lowest BCUT2D eigenvalue weighted by Crippen LogP contribution is -2.31. The molecule has 0 aliphatic carbocycles. The predicted molar refractivity (Wildman–Crippen MR) is 103 cm³/mol. The molecule has 1 atom stereocenters. The number of aliphatic hydroxyl groups is 1. The summed E-state index contributed by atoms with van der Waals surface area (Å²) in [5.41, 5.74) is 0.478. The number of nitrogens with zero attached hydrogens (tertiary/aromatic N) is 4. The Labute approximate surface area is 155 Å². The summed E-state index contributed by atoms with van der Waals surface area (Å²) in [6, 6.07) is 7.54. The Kier molecular flexibility index (Phi) is 5.04. The zero-order valence-corrected chi connectivity index (χ0v) is 15.8. The zero-order chi connectivity index (χ0) is 19.7. The molecule has 2 N–H and O–H groups in total. The van der Waals surface area contributed by atoms with Crippen LogP contribution in [0.2, 0.25) is 0 Å². The second-order valence-corrected chi connectivity index (χ2v) is 6.69. The SMILES string of the molecule is Cc1cccc(OC[C@H](O)Cn2c(N(C)C)nc3c2c(=O)[nH]c(=O)n3C)c1. The molecule has 144 valence electrons. The Morgan fingerprint density at radius 2 is 2.07 bits per heavy atom. The Bertz CT molecular complexity index is 1080. The van der Waals surface area contributed by atoms with Crippen molar-refractivity contribution in [2.75, 3.05) is 25.6 Å². The molecule has 0 spiro atoms. The van der Waals surface area contributed by atoms with E-state index in [1.807, 2.05) is 31.2 Å². The molecule has 0 aliphatic heterocycles. The lowest BCUT2D eigenvalue weighted by atomic mass is 10.2. The fourth-order valence-electron chi connectivity index (χ4n) is 2.90. The molecule has 0 radical (unpaired) electrons. The van der Waals surface area contributed by atoms with Crippen LogP contribution in [0.1, 0.15) is 5.56 Å². The number of H-pyrrole nitrogens is 1. The van der Waals surface area contributed by atoms with Gasteiger partial charge < -0.3 is 19.3 Å². The van der Waals surface area contributed by atoms with Gasteiger partial charge in [0, 0.05) is 21.1 Å². The first kappa shape index (κ1) is 18.7. The van der Waals surface area contributed by atoms with Crippen molar-refractivity contribution in [1.82, 2.24) is 19.1 Å². The molecule has 9 heteroatoms. The first-order chi connectivity index (χ1) is 12.8. The Morgan fingerprint density at radius 3 is 2.74 bits per heavy atom. The molecule has 0 saturated heterocycles. The van der Waals surface area contributed by atoms with Gasteiger partial charge in [0.2, 0.25) is 5.95 Å². The molecular formula is C18H23N5O4. The van der Waals surface area contributed by atoms with Crippen LogP contribution in [0.25, 0.3) is 11.2 Å². The summed E-state index contributed by atoms with van der Waals surface area (Å²) in [4.78, 5) is 32.6. The van der Waals surface area contributed by atoms with Crippen LogP contribution in [0.3, 0.4) is 0 Å². The number of aryl methyl sites for hydroxylation is 2. The van der Waals surface area contributed by atoms with Gasteiger partial charge in [0.25, 0.3) is 5.56 Å². The van der Waals surface area contributed by atoms with Crippen LogP contribution in [0.4, 0.5) is 5.95 Å². The second-order valence-electron chi connectivity index (χ2n) is 6.69. The van der Waals surface area contributed by atoms with Gasteiger partial charge in [-0.1, -0.05) is 12.1 Å². The van der Waals surface area contributed by atoms with E-state index in [-0.39, 0.29) is 24.3 Å². The maximum atomic E-state index is 12.3. The Hall–Kier alpha value is -3.07. The maximum absolute atomic E-state index is 12.3. The van der Waals surface area contributed by atoms with Crippen LogP contribution in [-0.4, -0.2) is 51.0 Å². The molecule has 0 amide bonds. The van der Waals surface area contributed by atoms with E-state index in [1.54, 1.807) is 23.6 Å². The van der Waals surface area contributed by atoms with Crippen molar-refractivity contribution in [2.45, 2.75) is 19.6 Å². The second kappa shape index (κ2) is 7.28. The first-order valence-corrected chi connectivity index (χ1v) is 8.52. The van der Waals surface area contributed by atoms with E-state index in [9.17, 15) is 14.7 Å². The van der Waals surface area contributed by atoms with Crippen LogP contribution in [0.15, 0.2) is 33.9 Å². The number of nitrogens with one attached hydrogen (secondary N) is 1. The van der Waals surface area contributed by atoms with Crippen molar-refractivity contribution in [2.24, 2.45) is 7.05 Å². The smallest absolute Gasteiger partial charge is 0.329 e. The normalized spacial score (nSPS) is 12.3. The number of benzene rings is 1. The number of hydrogen-bond acceptors (Lipinski definition) is 6. The summed E-state index contributed by atoms with van der Waals surface area (Å²) in [6.07, 6.45) is -0.877. The maximum Gasteiger partial charge on any atom is 0.329 e. The van der Waals surface area contributed by atoms with Gasteiger partial charge in [-0.15, -0.1) is 0 Å². The minimum atomic E-state index is -0.877. The van der Waals surface area contributed by atoms with E-state index in [1.165, 1.54) is 11.6 Å². The van der Waals surface area contributed by atoms with Crippen LogP contribution >= 0.6 is 0 Å². The fraction of sp³-hybridized carbons (Fsp3) is 0.389. The molecule has 0 unspecified atom stereocenters. The highest BCUT2D eigenvalue weighted by Gasteiger charge is 2.20. The number of ether oxygens (including phenoxy) is 1. The fourth-order valence-corrected chi connectivity index (χ4v) is 2.90. The van der Waals surface area contributed by atoms with Crippen LogP contribution in [-0.2, 0) is 13.6 Å². The van der Waals surface area contributed by atoms with E-state index in [0.29, 0.717) is 11.7 Å². The van der Waals surface area contributed by atoms with Crippen molar-refractivity contribution in [1.29, 1.82) is 0 Å². The quantitative estimate of drug-likeness (QED) is 0.641. The molecular weight excluding hydrogens is 350 g/mol. The Morgan fingerprint density at radius 1 is 1.33 bits per heavy atom. The number of hydrogen-bond donors (Lipinski definition) is 2. The standard InChI is InChI=1S/C18H23N5O4/c1-11-6-5-7-13(8-11)27-10-12(24)9-23-14-15(19-17(23)21(2)3)22(4)18(26)20-16(14)25/h5-8,12,24H,9-10H2,1-4H3,(H,20,25,26)/t12-/m1/s1. The predicted octanol–water partition coefficient (Wildman–Crippen LogP) is 0.238. The molecule has 0 bridgehead atoms. The van der Waals surface area contributed by atoms with E-state index in [0.717, 1.165) is 5.56 Å². The number of aromatic amines is 1. The highest BCUT2D eigenvalue weighted by atomic mass is 16.5. The van der Waals surface area contributed by atoms with Gasteiger partial charge in [0.05, 0.1) is 6.54 Å². The van der Waals surface area contributed by atoms with E-state index < -0.39 is 17.4 Å². The number of anilines is 1. The highest BCUT2D eigenvalue weighted by Crippen LogP contribution is 2.19. The third-order valence-electron chi connectivity index (χ3n) is 4.21. The van der Waals surface area contributed by atoms with Gasteiger partial charge in [-0.25, -0.2) is 4.79 Å². The summed E-state index contributed by atoms with van der Waals surface area (Å²) >= 11 is 0. The summed E-state index contributed by atoms with van der Waals surface area (Å²) < 4.78 is 8.51. The number of aliphatic hydroxyl groups excluding tert-OH is 1. The van der Waals surface area contributed by atoms with Crippen molar-refractivity contribution in [3.63, 3.8) is 0 Å². The molecule has 27 heavy (non-hydrogen) atoms. The molecule has 2 aromatic heterocycles. The molecule has 1 aromatic carbocycles. The van der Waals surface area contributed by atoms with Gasteiger partial charge in [-0.2, -0.15) is 4.98 Å². The van der Waals surface area contributed by atoms with Gasteiger partial charge in [0.15, 0.2) is 11.2 Å². The molecule has 0 fully saturated rings. The minimum Gasteiger partial charge on any atom is -0.491 e. The highest BCUT2D eigenvalue weighted by molar-refractivity contribution is 5.74. The molecule has 0 saturated carbocycles. The molecule has 0 aliphatic rings. The van der Waals surface area contributed by atoms with Crippen LogP contribution in [0, 0.1) is 6.92 Å². The molecule has 2 heterocycles. The van der Waals surface area contributed by atoms with Gasteiger partial charge >= 0.3 is 5.69 Å². The third-order valence-corrected chi connectivity index (χ3v) is 4.21. The van der Waals surface area contributed by atoms with Gasteiger partial charge in [0.1, 0.15) is 18.5 Å². The average Bonchev–Trinajstić information content (AvgIpc) is 2.98. The van der Waals surface area contributed by atoms with E-state index in [2.05, 4.69) is 9.97 Å². The first-order valence-electron chi connectivity index (χ1n) is 8.52. The Balaban J connectivity index is 1.91. The third kappa shape index (κ3) is 3.72. The number of imidazole rings is 1. The van der Waals surface area contributed by atoms with Crippen LogP contribution in [0.5, 0.6) is 5.75 Å².